The van der Waals surface area contributed by atoms with Crippen LogP contribution in [0.25, 0.3) is 0 Å². The zero-order chi connectivity index (χ0) is 66.6. The minimum absolute atomic E-state index is 0.0225. The summed E-state index contributed by atoms with van der Waals surface area (Å²) in [5.41, 5.74) is 3.17. The number of nitrogens with zero attached hydrogens (tertiary/aromatic N) is 2. The summed E-state index contributed by atoms with van der Waals surface area (Å²) in [5.74, 6) is -1.27. The van der Waals surface area contributed by atoms with E-state index in [1.54, 1.807) is 20.8 Å². The third-order valence-electron chi connectivity index (χ3n) is 14.6. The second kappa shape index (κ2) is 69.8. The highest BCUT2D eigenvalue weighted by atomic mass is 16.6. The standard InChI is InChI=1S/C64H122N6O11.C2H4O.C2H6.CH5N/c1-9-11-13-15-17-19-21-23-25-27-29-31-33-35-42-58(71)65-43-36-47-69(7)49-38-45-67-62(75)79-53-57(5)60(73)77-51-40-52-78-61(74)64(6,54-80-56(3)4)55-81-63(76)68-46-39-50-70(8)48-37-44-66-59(72)41-34-32-30-28-26-24-22-20-18-16-14-12-10-2;1-2-3;2*1-2/h57H,3,9-55H2,1-2,4-8H3,(H,65,71)(H,66,72)(H,67,75)(H,68,76);2-3H,1H2;1-2H3;2H2,1H3. The number of hydrogen-bond acceptors (Lipinski definition) is 15. The van der Waals surface area contributed by atoms with E-state index in [1.807, 2.05) is 27.9 Å². The van der Waals surface area contributed by atoms with Crippen LogP contribution in [0.15, 0.2) is 25.2 Å². The van der Waals surface area contributed by atoms with Gasteiger partial charge in [-0.25, -0.2) is 9.59 Å². The van der Waals surface area contributed by atoms with Crippen molar-refractivity contribution in [1.29, 1.82) is 0 Å². The average Bonchev–Trinajstić information content (AvgIpc) is 3.47. The van der Waals surface area contributed by atoms with Crippen molar-refractivity contribution < 1.29 is 57.6 Å². The van der Waals surface area contributed by atoms with E-state index >= 15 is 0 Å². The van der Waals surface area contributed by atoms with Gasteiger partial charge in [0.2, 0.25) is 11.8 Å². The summed E-state index contributed by atoms with van der Waals surface area (Å²) < 4.78 is 27.0. The first-order valence-electron chi connectivity index (χ1n) is 34.7. The molecule has 0 fully saturated rings. The lowest BCUT2D eigenvalue weighted by Crippen LogP contribution is -2.41. The maximum absolute atomic E-state index is 13.2. The molecular formula is C69H137N7O12. The van der Waals surface area contributed by atoms with Crippen LogP contribution in [0.5, 0.6) is 0 Å². The highest BCUT2D eigenvalue weighted by molar-refractivity contribution is 5.78. The number of carbonyl (C=O) groups is 6. The SMILES string of the molecule is C=C(C)OCC(C)(COC(=O)NCCCN(C)CCCNC(=O)CCCCCCCCCCCCCCC)C(=O)OCCCOC(=O)C(C)COC(=O)NCCCN(C)CCCNC(=O)CCCCCCCCCCCCCCCC.C=CO.CC.CN. The molecular weight excluding hydrogens is 1120 g/mol. The number of allylic oxidation sites excluding steroid dienone is 1. The maximum Gasteiger partial charge on any atom is 0.407 e. The fourth-order valence-electron chi connectivity index (χ4n) is 9.17. The second-order valence-corrected chi connectivity index (χ2v) is 23.4. The van der Waals surface area contributed by atoms with Crippen molar-refractivity contribution in [2.45, 2.75) is 267 Å². The number of carbonyl (C=O) groups excluding carboxylic acids is 6. The van der Waals surface area contributed by atoms with E-state index in [2.05, 4.69) is 63.8 Å². The van der Waals surface area contributed by atoms with Crippen molar-refractivity contribution in [1.82, 2.24) is 31.1 Å². The quantitative estimate of drug-likeness (QED) is 0.0143. The number of unbranched alkanes of at least 4 members (excludes halogenated alkanes) is 25. The minimum atomic E-state index is -1.33. The molecule has 7 N–H and O–H groups in total. The first kappa shape index (κ1) is 89.8. The van der Waals surface area contributed by atoms with E-state index in [0.717, 1.165) is 71.0 Å². The molecule has 88 heavy (non-hydrogen) atoms. The van der Waals surface area contributed by atoms with Crippen molar-refractivity contribution in [2.24, 2.45) is 17.1 Å². The summed E-state index contributed by atoms with van der Waals surface area (Å²) in [4.78, 5) is 79.5. The van der Waals surface area contributed by atoms with Gasteiger partial charge >= 0.3 is 24.1 Å². The van der Waals surface area contributed by atoms with E-state index in [4.69, 9.17) is 28.8 Å². The topological polar surface area (TPSA) is 249 Å². The van der Waals surface area contributed by atoms with Gasteiger partial charge in [-0.2, -0.15) is 0 Å². The number of hydrogen-bond donors (Lipinski definition) is 6. The van der Waals surface area contributed by atoms with Crippen molar-refractivity contribution in [3.8, 4) is 0 Å². The third kappa shape index (κ3) is 65.8. The molecule has 4 amide bonds. The zero-order valence-electron chi connectivity index (χ0n) is 58.2. The van der Waals surface area contributed by atoms with Crippen molar-refractivity contribution >= 4 is 35.9 Å². The smallest absolute Gasteiger partial charge is 0.407 e. The number of nitrogens with one attached hydrogen (secondary N) is 4. The minimum Gasteiger partial charge on any atom is -0.516 e. The summed E-state index contributed by atoms with van der Waals surface area (Å²) >= 11 is 0. The molecule has 0 aromatic carbocycles. The molecule has 0 aliphatic carbocycles. The molecule has 0 bridgehead atoms. The highest BCUT2D eigenvalue weighted by Crippen LogP contribution is 2.22. The molecule has 19 heteroatoms. The number of rotatable bonds is 58. The second-order valence-electron chi connectivity index (χ2n) is 23.4. The molecule has 520 valence electrons. The number of alkyl carbamates (subject to hydrolysis) is 2. The van der Waals surface area contributed by atoms with Crippen LogP contribution >= 0.6 is 0 Å². The van der Waals surface area contributed by atoms with Gasteiger partial charge in [-0.05, 0) is 107 Å². The predicted molar refractivity (Wildman–Crippen MR) is 362 cm³/mol. The van der Waals surface area contributed by atoms with Gasteiger partial charge in [0.1, 0.15) is 25.2 Å². The molecule has 0 spiro atoms. The fourth-order valence-corrected chi connectivity index (χ4v) is 9.17. The van der Waals surface area contributed by atoms with Crippen LogP contribution < -0.4 is 27.0 Å². The number of amides is 4. The molecule has 0 rings (SSSR count). The Morgan fingerprint density at radius 1 is 0.489 bits per heavy atom. The maximum atomic E-state index is 13.2. The largest absolute Gasteiger partial charge is 0.516 e. The van der Waals surface area contributed by atoms with Crippen LogP contribution in [0.3, 0.4) is 0 Å². The molecule has 0 saturated heterocycles. The number of aliphatic hydroxyl groups is 1. The molecule has 19 nitrogen and oxygen atoms in total. The van der Waals surface area contributed by atoms with Crippen LogP contribution in [0.2, 0.25) is 0 Å². The van der Waals surface area contributed by atoms with Gasteiger partial charge < -0.3 is 65.6 Å². The van der Waals surface area contributed by atoms with E-state index < -0.39 is 35.5 Å². The highest BCUT2D eigenvalue weighted by Gasteiger charge is 2.38. The van der Waals surface area contributed by atoms with E-state index in [-0.39, 0.29) is 51.3 Å². The van der Waals surface area contributed by atoms with E-state index in [9.17, 15) is 28.8 Å². The van der Waals surface area contributed by atoms with Crippen molar-refractivity contribution in [3.05, 3.63) is 25.2 Å². The van der Waals surface area contributed by atoms with Gasteiger partial charge in [0, 0.05) is 45.4 Å². The van der Waals surface area contributed by atoms with Crippen LogP contribution in [-0.4, -0.2) is 157 Å². The third-order valence-corrected chi connectivity index (χ3v) is 14.6. The van der Waals surface area contributed by atoms with Crippen LogP contribution in [-0.2, 0) is 42.9 Å². The predicted octanol–water partition coefficient (Wildman–Crippen LogP) is 14.4. The van der Waals surface area contributed by atoms with Gasteiger partial charge in [-0.15, -0.1) is 0 Å². The Labute approximate surface area is 538 Å². The van der Waals surface area contributed by atoms with Gasteiger partial charge in [0.05, 0.1) is 31.2 Å². The molecule has 0 aromatic rings. The van der Waals surface area contributed by atoms with Crippen LogP contribution in [0, 0.1) is 11.3 Å². The molecule has 0 heterocycles. The molecule has 0 aromatic heterocycles. The molecule has 2 unspecified atom stereocenters. The molecule has 0 saturated carbocycles. The lowest BCUT2D eigenvalue weighted by molar-refractivity contribution is -0.161. The summed E-state index contributed by atoms with van der Waals surface area (Å²) in [6.07, 6.45) is 38.9. The molecule has 0 aliphatic rings. The number of esters is 2. The van der Waals surface area contributed by atoms with E-state index in [1.165, 1.54) is 155 Å². The Morgan fingerprint density at radius 3 is 1.15 bits per heavy atom. The Hall–Kier alpha value is -4.62. The Balaban J connectivity index is -0.00000482. The first-order valence-corrected chi connectivity index (χ1v) is 34.7. The van der Waals surface area contributed by atoms with Gasteiger partial charge in [-0.1, -0.05) is 201 Å². The lowest BCUT2D eigenvalue weighted by Gasteiger charge is -2.27. The van der Waals surface area contributed by atoms with Crippen molar-refractivity contribution in [3.63, 3.8) is 0 Å². The van der Waals surface area contributed by atoms with Crippen LogP contribution in [0.4, 0.5) is 9.59 Å². The average molecular weight is 1260 g/mol. The van der Waals surface area contributed by atoms with E-state index in [0.29, 0.717) is 57.6 Å². The number of aliphatic hydroxyl groups excluding tert-OH is 1. The fraction of sp³-hybridized carbons (Fsp3) is 0.855. The summed E-state index contributed by atoms with van der Waals surface area (Å²) in [7, 11) is 5.52. The Bertz CT molecular complexity index is 1650. The zero-order valence-corrected chi connectivity index (χ0v) is 58.2. The normalized spacial score (nSPS) is 11.6. The summed E-state index contributed by atoms with van der Waals surface area (Å²) in [5, 5.41) is 18.9. The lowest BCUT2D eigenvalue weighted by atomic mass is 9.93. The summed E-state index contributed by atoms with van der Waals surface area (Å²) in [6, 6.07) is 0. The Morgan fingerprint density at radius 2 is 0.795 bits per heavy atom. The Kier molecular flexibility index (Phi) is 71.3. The van der Waals surface area contributed by atoms with Gasteiger partial charge in [0.25, 0.3) is 0 Å². The molecule has 2 atom stereocenters. The van der Waals surface area contributed by atoms with Crippen LogP contribution in [0.1, 0.15) is 267 Å². The van der Waals surface area contributed by atoms with Crippen molar-refractivity contribution in [2.75, 3.05) is 107 Å². The van der Waals surface area contributed by atoms with Gasteiger partial charge in [-0.3, -0.25) is 19.2 Å². The summed E-state index contributed by atoms with van der Waals surface area (Å²) in [6.45, 7) is 24.6. The first-order chi connectivity index (χ1) is 42.5. The van der Waals surface area contributed by atoms with Gasteiger partial charge in [0.15, 0.2) is 0 Å². The number of nitrogens with two attached hydrogens (primary N) is 1. The monoisotopic (exact) mass is 1260 g/mol. The number of ether oxygens (including phenoxy) is 5. The molecule has 0 aliphatic heterocycles. The molecule has 0 radical (unpaired) electrons.